The minimum absolute atomic E-state index is 0.0518. The summed E-state index contributed by atoms with van der Waals surface area (Å²) in [6.07, 6.45) is 8.98. The van der Waals surface area contributed by atoms with Crippen LogP contribution in [0.4, 0.5) is 0 Å². The SMILES string of the molecule is C=C(C)/C=C\C(=C/C)C(C)C.CC.CCCCC([NH-])C[N-]S(=O)(=O)c1ccc(C)cc1.[Cl][Ru+2]. The first-order valence-corrected chi connectivity index (χ1v) is 15.1. The van der Waals surface area contributed by atoms with Crippen LogP contribution >= 0.6 is 9.69 Å². The Bertz CT molecular complexity index is 774. The maximum atomic E-state index is 11.9. The number of sulfonamides is 1. The van der Waals surface area contributed by atoms with Gasteiger partial charge < -0.3 is 10.5 Å². The molecule has 0 saturated heterocycles. The summed E-state index contributed by atoms with van der Waals surface area (Å²) in [5.74, 6) is 0.607. The molecular formula is C26H44ClN2O2RuS. The van der Waals surface area contributed by atoms with Crippen LogP contribution in [-0.2, 0) is 27.3 Å². The van der Waals surface area contributed by atoms with Crippen molar-refractivity contribution in [2.45, 2.75) is 85.6 Å². The average Bonchev–Trinajstić information content (AvgIpc) is 2.80. The molecule has 1 unspecified atom stereocenters. The van der Waals surface area contributed by atoms with E-state index in [4.69, 9.17) is 5.73 Å². The Morgan fingerprint density at radius 2 is 1.70 bits per heavy atom. The van der Waals surface area contributed by atoms with Crippen LogP contribution in [0.1, 0.15) is 73.3 Å². The van der Waals surface area contributed by atoms with Gasteiger partial charge in [-0.2, -0.15) is 12.6 Å². The predicted molar refractivity (Wildman–Crippen MR) is 144 cm³/mol. The van der Waals surface area contributed by atoms with E-state index in [1.807, 2.05) is 51.9 Å². The van der Waals surface area contributed by atoms with Crippen LogP contribution in [0.5, 0.6) is 0 Å². The summed E-state index contributed by atoms with van der Waals surface area (Å²) in [6, 6.07) is 6.18. The molecule has 1 rings (SSSR count). The normalized spacial score (nSPS) is 12.0. The summed E-state index contributed by atoms with van der Waals surface area (Å²) >= 11 is 1.82. The van der Waals surface area contributed by atoms with Crippen molar-refractivity contribution in [3.8, 4) is 0 Å². The number of hydrogen-bond donors (Lipinski definition) is 0. The molecule has 0 aliphatic heterocycles. The van der Waals surface area contributed by atoms with Crippen molar-refractivity contribution in [3.63, 3.8) is 0 Å². The third-order valence-electron chi connectivity index (χ3n) is 4.25. The Morgan fingerprint density at radius 1 is 1.18 bits per heavy atom. The Kier molecular flexibility index (Phi) is 25.6. The van der Waals surface area contributed by atoms with E-state index in [1.165, 1.54) is 5.57 Å². The molecule has 0 fully saturated rings. The molecule has 0 saturated carbocycles. The summed E-state index contributed by atoms with van der Waals surface area (Å²) in [5, 5.41) is 0. The molecule has 33 heavy (non-hydrogen) atoms. The van der Waals surface area contributed by atoms with Crippen LogP contribution in [0, 0.1) is 12.8 Å². The fraction of sp³-hybridized carbons (Fsp3) is 0.538. The standard InChI is InChI=1S/C13H20N2O2S.C11H18.C2H6.ClH.Ru/c1-3-4-5-12(14)10-15-18(16,17)13-8-6-11(2)7-9-13;1-6-11(10(4)5)8-7-9(2)3;1-2;;/h6-9,12,14H,3-5,10H2,1-2H3;6-8,10H,2H2,1,3-5H3;1-2H3;1H;/q-2;;;;+3/p-1/b;8-7-,11-6+;;;. The van der Waals surface area contributed by atoms with Crippen LogP contribution in [0.3, 0.4) is 0 Å². The summed E-state index contributed by atoms with van der Waals surface area (Å²) in [4.78, 5) is 0.204. The second kappa shape index (κ2) is 23.0. The molecule has 1 atom stereocenters. The summed E-state index contributed by atoms with van der Waals surface area (Å²) in [5.41, 5.74) is 11.2. The van der Waals surface area contributed by atoms with Crippen LogP contribution in [-0.4, -0.2) is 21.0 Å². The topological polar surface area (TPSA) is 72.0 Å². The number of rotatable bonds is 10. The number of nitrogens with one attached hydrogen (secondary N) is 1. The van der Waals surface area contributed by atoms with Crippen molar-refractivity contribution in [1.29, 1.82) is 0 Å². The van der Waals surface area contributed by atoms with Gasteiger partial charge in [-0.05, 0) is 44.4 Å². The fourth-order valence-electron chi connectivity index (χ4n) is 2.38. The number of allylic oxidation sites excluding steroid dienone is 5. The molecule has 1 aromatic carbocycles. The average molecular weight is 585 g/mol. The molecule has 0 spiro atoms. The van der Waals surface area contributed by atoms with Gasteiger partial charge in [-0.25, -0.2) is 8.42 Å². The summed E-state index contributed by atoms with van der Waals surface area (Å²) in [7, 11) is 0.977. The fourth-order valence-corrected chi connectivity index (χ4v) is 3.38. The first kappa shape index (κ1) is 36.8. The summed E-state index contributed by atoms with van der Waals surface area (Å²) in [6.45, 7) is 20.3. The van der Waals surface area contributed by atoms with Gasteiger partial charge in [-0.1, -0.05) is 102 Å². The Balaban J connectivity index is -0.000000516. The van der Waals surface area contributed by atoms with Gasteiger partial charge in [0, 0.05) is 4.90 Å². The zero-order valence-corrected chi connectivity index (χ0v) is 24.9. The number of hydrogen-bond acceptors (Lipinski definition) is 2. The zero-order valence-electron chi connectivity index (χ0n) is 21.6. The van der Waals surface area contributed by atoms with Crippen LogP contribution < -0.4 is 0 Å². The third-order valence-corrected chi connectivity index (χ3v) is 5.61. The van der Waals surface area contributed by atoms with Gasteiger partial charge in [0.25, 0.3) is 0 Å². The Morgan fingerprint density at radius 3 is 2.09 bits per heavy atom. The van der Waals surface area contributed by atoms with Crippen molar-refractivity contribution >= 4 is 19.7 Å². The quantitative estimate of drug-likeness (QED) is 0.203. The number of halogens is 1. The van der Waals surface area contributed by atoms with E-state index in [1.54, 1.807) is 24.3 Å². The molecule has 1 N–H and O–H groups in total. The van der Waals surface area contributed by atoms with Crippen molar-refractivity contribution in [1.82, 2.24) is 0 Å². The van der Waals surface area contributed by atoms with Gasteiger partial charge >= 0.3 is 27.0 Å². The Labute approximate surface area is 218 Å². The van der Waals surface area contributed by atoms with Gasteiger partial charge in [0.05, 0.1) is 0 Å². The predicted octanol–water partition coefficient (Wildman–Crippen LogP) is 9.10. The molecule has 0 bridgehead atoms. The second-order valence-corrected chi connectivity index (χ2v) is 9.24. The molecule has 0 amide bonds. The molecular weight excluding hydrogens is 541 g/mol. The van der Waals surface area contributed by atoms with E-state index in [0.29, 0.717) is 12.3 Å². The third kappa shape index (κ3) is 20.3. The Hall–Kier alpha value is -0.777. The van der Waals surface area contributed by atoms with Crippen molar-refractivity contribution in [2.24, 2.45) is 5.92 Å². The van der Waals surface area contributed by atoms with Gasteiger partial charge in [0.2, 0.25) is 0 Å². The molecule has 0 aliphatic carbocycles. The van der Waals surface area contributed by atoms with Crippen molar-refractivity contribution in [3.05, 3.63) is 76.2 Å². The number of aryl methyl sites for hydroxylation is 1. The molecule has 1 aromatic rings. The van der Waals surface area contributed by atoms with Crippen LogP contribution in [0.25, 0.3) is 10.5 Å². The van der Waals surface area contributed by atoms with E-state index in [9.17, 15) is 8.42 Å². The van der Waals surface area contributed by atoms with E-state index in [-0.39, 0.29) is 11.4 Å². The molecule has 191 valence electrons. The number of unbranched alkanes of at least 4 members (excludes halogenated alkanes) is 1. The second-order valence-electron chi connectivity index (χ2n) is 7.56. The first-order valence-electron chi connectivity index (χ1n) is 11.4. The zero-order chi connectivity index (χ0) is 26.4. The molecule has 0 radical (unpaired) electrons. The molecule has 4 nitrogen and oxygen atoms in total. The van der Waals surface area contributed by atoms with Crippen LogP contribution in [0.15, 0.2) is 65.1 Å². The van der Waals surface area contributed by atoms with E-state index < -0.39 is 16.1 Å². The van der Waals surface area contributed by atoms with Crippen molar-refractivity contribution < 1.29 is 25.7 Å². The monoisotopic (exact) mass is 585 g/mol. The van der Waals surface area contributed by atoms with E-state index in [2.05, 4.69) is 60.0 Å². The molecule has 0 aliphatic rings. The first-order chi connectivity index (χ1) is 15.5. The van der Waals surface area contributed by atoms with Crippen LogP contribution in [0.2, 0.25) is 0 Å². The molecule has 0 aromatic heterocycles. The van der Waals surface area contributed by atoms with E-state index in [0.717, 1.165) is 24.0 Å². The number of nitrogens with zero attached hydrogens (tertiary/aromatic N) is 1. The summed E-state index contributed by atoms with van der Waals surface area (Å²) < 4.78 is 27.4. The number of benzene rings is 1. The van der Waals surface area contributed by atoms with Gasteiger partial charge in [-0.15, -0.1) is 0 Å². The van der Waals surface area contributed by atoms with E-state index >= 15 is 0 Å². The minimum atomic E-state index is -3.59. The van der Waals surface area contributed by atoms with Gasteiger partial charge in [0.1, 0.15) is 10.0 Å². The van der Waals surface area contributed by atoms with Gasteiger partial charge in [0.15, 0.2) is 0 Å². The molecule has 0 heterocycles. The van der Waals surface area contributed by atoms with Crippen molar-refractivity contribution in [2.75, 3.05) is 6.54 Å². The van der Waals surface area contributed by atoms with Gasteiger partial charge in [-0.3, -0.25) is 0 Å². The molecule has 7 heteroatoms. The maximum absolute atomic E-state index is 11.9.